The molecule has 2 heteroatoms. The fourth-order valence-electron chi connectivity index (χ4n) is 1.86. The van der Waals surface area contributed by atoms with E-state index in [9.17, 15) is 4.79 Å². The Hall–Kier alpha value is -2.48. The van der Waals surface area contributed by atoms with Crippen LogP contribution >= 0.6 is 0 Å². The van der Waals surface area contributed by atoms with Crippen molar-refractivity contribution in [2.45, 2.75) is 13.3 Å². The van der Waals surface area contributed by atoms with Crippen molar-refractivity contribution in [2.24, 2.45) is 0 Å². The van der Waals surface area contributed by atoms with E-state index >= 15 is 0 Å². The zero-order valence-corrected chi connectivity index (χ0v) is 11.5. The van der Waals surface area contributed by atoms with Gasteiger partial charge in [0, 0.05) is 24.4 Å². The lowest BCUT2D eigenvalue weighted by Gasteiger charge is -1.93. The molecule has 0 aliphatic carbocycles. The van der Waals surface area contributed by atoms with Crippen molar-refractivity contribution in [3.05, 3.63) is 78.6 Å². The lowest BCUT2D eigenvalue weighted by Crippen LogP contribution is -1.94. The third kappa shape index (κ3) is 3.75. The molecule has 1 heterocycles. The van der Waals surface area contributed by atoms with Gasteiger partial charge in [-0.3, -0.25) is 9.78 Å². The third-order valence-electron chi connectivity index (χ3n) is 2.97. The topological polar surface area (TPSA) is 30.0 Å². The molecule has 0 bridgehead atoms. The average Bonchev–Trinajstić information content (AvgIpc) is 2.55. The normalized spacial score (nSPS) is 9.65. The second-order valence-corrected chi connectivity index (χ2v) is 4.37. The second kappa shape index (κ2) is 7.19. The van der Waals surface area contributed by atoms with E-state index in [2.05, 4.69) is 17.1 Å². The van der Waals surface area contributed by atoms with Gasteiger partial charge in [-0.2, -0.15) is 0 Å². The Morgan fingerprint density at radius 3 is 2.20 bits per heavy atom. The zero-order chi connectivity index (χ0) is 14.2. The SMILES string of the molecule is CCC(=O)c1ccccc1.c1ccc2cnccc2c1. The van der Waals surface area contributed by atoms with E-state index < -0.39 is 0 Å². The van der Waals surface area contributed by atoms with E-state index in [0.717, 1.165) is 5.56 Å². The monoisotopic (exact) mass is 263 g/mol. The molecule has 0 unspecified atom stereocenters. The highest BCUT2D eigenvalue weighted by molar-refractivity contribution is 5.95. The molecule has 100 valence electrons. The summed E-state index contributed by atoms with van der Waals surface area (Å²) in [6.45, 7) is 1.87. The number of ketones is 1. The van der Waals surface area contributed by atoms with Crippen LogP contribution in [0.1, 0.15) is 23.7 Å². The quantitative estimate of drug-likeness (QED) is 0.636. The second-order valence-electron chi connectivity index (χ2n) is 4.37. The lowest BCUT2D eigenvalue weighted by atomic mass is 10.1. The van der Waals surface area contributed by atoms with Crippen molar-refractivity contribution in [2.75, 3.05) is 0 Å². The molecular weight excluding hydrogens is 246 g/mol. The number of carbonyl (C=O) groups is 1. The maximum atomic E-state index is 11.0. The third-order valence-corrected chi connectivity index (χ3v) is 2.97. The first kappa shape index (κ1) is 13.9. The van der Waals surface area contributed by atoms with Crippen LogP contribution in [0.5, 0.6) is 0 Å². The predicted octanol–water partition coefficient (Wildman–Crippen LogP) is 4.51. The summed E-state index contributed by atoms with van der Waals surface area (Å²) in [7, 11) is 0. The molecule has 0 N–H and O–H groups in total. The van der Waals surface area contributed by atoms with E-state index in [1.54, 1.807) is 0 Å². The van der Waals surface area contributed by atoms with Crippen molar-refractivity contribution < 1.29 is 4.79 Å². The predicted molar refractivity (Wildman–Crippen MR) is 82.8 cm³/mol. The van der Waals surface area contributed by atoms with Gasteiger partial charge in [-0.15, -0.1) is 0 Å². The first-order valence-electron chi connectivity index (χ1n) is 6.68. The van der Waals surface area contributed by atoms with Crippen molar-refractivity contribution >= 4 is 16.6 Å². The number of carbonyl (C=O) groups excluding carboxylic acids is 1. The van der Waals surface area contributed by atoms with E-state index in [1.165, 1.54) is 10.8 Å². The Morgan fingerprint density at radius 1 is 0.900 bits per heavy atom. The zero-order valence-electron chi connectivity index (χ0n) is 11.5. The number of aromatic nitrogens is 1. The molecule has 0 radical (unpaired) electrons. The molecule has 0 amide bonds. The number of pyridine rings is 1. The minimum atomic E-state index is 0.209. The Balaban J connectivity index is 0.000000147. The average molecular weight is 263 g/mol. The summed E-state index contributed by atoms with van der Waals surface area (Å²) in [6.07, 6.45) is 4.27. The minimum absolute atomic E-state index is 0.209. The lowest BCUT2D eigenvalue weighted by molar-refractivity contribution is 0.0988. The summed E-state index contributed by atoms with van der Waals surface area (Å²) >= 11 is 0. The summed E-state index contributed by atoms with van der Waals surface area (Å²) in [5.74, 6) is 0.209. The Labute approximate surface area is 119 Å². The number of rotatable bonds is 2. The first-order valence-corrected chi connectivity index (χ1v) is 6.68. The maximum absolute atomic E-state index is 11.0. The van der Waals surface area contributed by atoms with E-state index in [1.807, 2.05) is 67.8 Å². The van der Waals surface area contributed by atoms with Crippen LogP contribution in [0, 0.1) is 0 Å². The minimum Gasteiger partial charge on any atom is -0.294 e. The van der Waals surface area contributed by atoms with E-state index in [4.69, 9.17) is 0 Å². The van der Waals surface area contributed by atoms with Gasteiger partial charge in [-0.1, -0.05) is 61.5 Å². The molecule has 0 saturated carbocycles. The largest absolute Gasteiger partial charge is 0.294 e. The van der Waals surface area contributed by atoms with E-state index in [-0.39, 0.29) is 5.78 Å². The molecule has 3 aromatic rings. The molecule has 3 rings (SSSR count). The van der Waals surface area contributed by atoms with Gasteiger partial charge in [-0.25, -0.2) is 0 Å². The van der Waals surface area contributed by atoms with Gasteiger partial charge in [0.15, 0.2) is 5.78 Å². The summed E-state index contributed by atoms with van der Waals surface area (Å²) < 4.78 is 0. The van der Waals surface area contributed by atoms with Gasteiger partial charge in [-0.05, 0) is 16.8 Å². The Morgan fingerprint density at radius 2 is 1.55 bits per heavy atom. The van der Waals surface area contributed by atoms with Crippen molar-refractivity contribution in [3.8, 4) is 0 Å². The fourth-order valence-corrected chi connectivity index (χ4v) is 1.86. The number of hydrogen-bond donors (Lipinski definition) is 0. The van der Waals surface area contributed by atoms with Crippen LogP contribution in [0.2, 0.25) is 0 Å². The highest BCUT2D eigenvalue weighted by Gasteiger charge is 1.98. The number of fused-ring (bicyclic) bond motifs is 1. The first-order chi connectivity index (χ1) is 9.81. The van der Waals surface area contributed by atoms with Crippen molar-refractivity contribution in [3.63, 3.8) is 0 Å². The standard InChI is InChI=1S/C9H7N.C9H10O/c1-2-4-9-7-10-6-5-8(9)3-1;1-2-9(10)8-6-4-3-5-7-8/h1-7H;3-7H,2H2,1H3. The Bertz CT molecular complexity index is 612. The molecule has 0 atom stereocenters. The Kier molecular flexibility index (Phi) is 5.01. The van der Waals surface area contributed by atoms with Crippen LogP contribution in [0.4, 0.5) is 0 Å². The number of Topliss-reactive ketones (excluding diaryl/α,β-unsaturated/α-hetero) is 1. The van der Waals surface area contributed by atoms with Crippen molar-refractivity contribution in [1.82, 2.24) is 4.98 Å². The number of hydrogen-bond acceptors (Lipinski definition) is 2. The summed E-state index contributed by atoms with van der Waals surface area (Å²) in [5, 5.41) is 2.45. The van der Waals surface area contributed by atoms with Crippen LogP contribution < -0.4 is 0 Å². The molecular formula is C18H17NO. The van der Waals surface area contributed by atoms with Crippen LogP contribution in [0.25, 0.3) is 10.8 Å². The van der Waals surface area contributed by atoms with Crippen LogP contribution in [0.3, 0.4) is 0 Å². The van der Waals surface area contributed by atoms with Crippen molar-refractivity contribution in [1.29, 1.82) is 0 Å². The molecule has 0 aliphatic heterocycles. The van der Waals surface area contributed by atoms with Crippen LogP contribution in [-0.2, 0) is 0 Å². The van der Waals surface area contributed by atoms with Gasteiger partial charge in [0.2, 0.25) is 0 Å². The molecule has 2 aromatic carbocycles. The molecule has 1 aromatic heterocycles. The van der Waals surface area contributed by atoms with Gasteiger partial charge < -0.3 is 0 Å². The van der Waals surface area contributed by atoms with Gasteiger partial charge in [0.05, 0.1) is 0 Å². The van der Waals surface area contributed by atoms with E-state index in [0.29, 0.717) is 6.42 Å². The molecule has 0 saturated heterocycles. The van der Waals surface area contributed by atoms with Gasteiger partial charge in [0.1, 0.15) is 0 Å². The number of nitrogens with zero attached hydrogens (tertiary/aromatic N) is 1. The highest BCUT2D eigenvalue weighted by Crippen LogP contribution is 2.09. The van der Waals surface area contributed by atoms with Gasteiger partial charge >= 0.3 is 0 Å². The number of benzene rings is 2. The fraction of sp³-hybridized carbons (Fsp3) is 0.111. The highest BCUT2D eigenvalue weighted by atomic mass is 16.1. The molecule has 20 heavy (non-hydrogen) atoms. The van der Waals surface area contributed by atoms with Gasteiger partial charge in [0.25, 0.3) is 0 Å². The summed E-state index contributed by atoms with van der Waals surface area (Å²) in [4.78, 5) is 15.0. The molecule has 2 nitrogen and oxygen atoms in total. The molecule has 0 fully saturated rings. The van der Waals surface area contributed by atoms with Crippen LogP contribution in [0.15, 0.2) is 73.1 Å². The maximum Gasteiger partial charge on any atom is 0.162 e. The van der Waals surface area contributed by atoms with Crippen LogP contribution in [-0.4, -0.2) is 10.8 Å². The molecule has 0 spiro atoms. The summed E-state index contributed by atoms with van der Waals surface area (Å²) in [5.41, 5.74) is 0.810. The summed E-state index contributed by atoms with van der Waals surface area (Å²) in [6, 6.07) is 19.5. The smallest absolute Gasteiger partial charge is 0.162 e. The molecule has 0 aliphatic rings.